The standard InChI is InChI=1S/C25H27F3N6OS2/c1-4-32(5-2)18-8-6-16(7-9-18)19-14-36-21(29-19)17-10-12-33(13-11-17)22(35)20-15(3)34-24(37-20)30-23(31-34)25(26,27)28/h6-9,14,17H,4-5,10-13H2,1-3H3. The smallest absolute Gasteiger partial charge is 0.372 e. The zero-order valence-corrected chi connectivity index (χ0v) is 22.4. The van der Waals surface area contributed by atoms with Gasteiger partial charge in [0, 0.05) is 48.7 Å². The number of hydrogen-bond acceptors (Lipinski definition) is 7. The van der Waals surface area contributed by atoms with Crippen molar-refractivity contribution in [3.05, 3.63) is 51.0 Å². The van der Waals surface area contributed by atoms with Crippen LogP contribution in [0.15, 0.2) is 29.6 Å². The van der Waals surface area contributed by atoms with Gasteiger partial charge in [-0.3, -0.25) is 4.79 Å². The fourth-order valence-corrected chi connectivity index (χ4v) is 6.70. The van der Waals surface area contributed by atoms with Crippen molar-refractivity contribution in [2.45, 2.75) is 45.7 Å². The lowest BCUT2D eigenvalue weighted by Crippen LogP contribution is -2.37. The molecule has 1 aliphatic rings. The number of hydrogen-bond donors (Lipinski definition) is 0. The number of piperidine rings is 1. The van der Waals surface area contributed by atoms with Gasteiger partial charge in [-0.25, -0.2) is 9.50 Å². The average Bonchev–Trinajstić information content (AvgIpc) is 3.61. The highest BCUT2D eigenvalue weighted by Gasteiger charge is 2.37. The molecule has 0 unspecified atom stereocenters. The Morgan fingerprint density at radius 1 is 1.11 bits per heavy atom. The molecular formula is C25H27F3N6OS2. The van der Waals surface area contributed by atoms with Gasteiger partial charge in [-0.1, -0.05) is 23.5 Å². The molecule has 4 aromatic rings. The van der Waals surface area contributed by atoms with Crippen LogP contribution < -0.4 is 4.90 Å². The SMILES string of the molecule is CCN(CC)c1ccc(-c2csc(C3CCN(C(=O)c4sc5nc(C(F)(F)F)nn5c4C)CC3)n2)cc1. The maximum atomic E-state index is 13.1. The van der Waals surface area contributed by atoms with E-state index in [1.165, 1.54) is 5.69 Å². The summed E-state index contributed by atoms with van der Waals surface area (Å²) in [4.78, 5) is 26.1. The number of nitrogens with zero attached hydrogens (tertiary/aromatic N) is 6. The molecule has 1 amide bonds. The number of aryl methyl sites for hydroxylation is 1. The number of halogens is 3. The van der Waals surface area contributed by atoms with Crippen molar-refractivity contribution >= 4 is 39.2 Å². The number of thiazole rings is 2. The van der Waals surface area contributed by atoms with E-state index in [1.54, 1.807) is 23.2 Å². The Morgan fingerprint density at radius 2 is 1.78 bits per heavy atom. The monoisotopic (exact) mass is 548 g/mol. The first-order valence-electron chi connectivity index (χ1n) is 12.2. The van der Waals surface area contributed by atoms with E-state index >= 15 is 0 Å². The van der Waals surface area contributed by atoms with E-state index in [-0.39, 0.29) is 16.8 Å². The number of alkyl halides is 3. The Kier molecular flexibility index (Phi) is 6.97. The molecule has 5 rings (SSSR count). The van der Waals surface area contributed by atoms with Crippen LogP contribution in [0.4, 0.5) is 18.9 Å². The van der Waals surface area contributed by atoms with Gasteiger partial charge in [0.05, 0.1) is 16.4 Å². The van der Waals surface area contributed by atoms with Gasteiger partial charge in [0.25, 0.3) is 11.7 Å². The number of carbonyl (C=O) groups excluding carboxylic acids is 1. The van der Waals surface area contributed by atoms with E-state index < -0.39 is 12.0 Å². The highest BCUT2D eigenvalue weighted by atomic mass is 32.1. The van der Waals surface area contributed by atoms with Gasteiger partial charge in [0.1, 0.15) is 4.88 Å². The second kappa shape index (κ2) is 10.1. The van der Waals surface area contributed by atoms with Gasteiger partial charge in [-0.05, 0) is 45.7 Å². The number of fused-ring (bicyclic) bond motifs is 1. The predicted octanol–water partition coefficient (Wildman–Crippen LogP) is 6.11. The molecule has 1 aromatic carbocycles. The Balaban J connectivity index is 1.23. The van der Waals surface area contributed by atoms with Gasteiger partial charge in [-0.15, -0.1) is 16.4 Å². The van der Waals surface area contributed by atoms with E-state index in [2.05, 4.69) is 58.5 Å². The molecular weight excluding hydrogens is 521 g/mol. The van der Waals surface area contributed by atoms with Crippen molar-refractivity contribution in [2.24, 2.45) is 0 Å². The summed E-state index contributed by atoms with van der Waals surface area (Å²) in [5.74, 6) is -1.10. The number of anilines is 1. The minimum atomic E-state index is -4.62. The summed E-state index contributed by atoms with van der Waals surface area (Å²) in [6.45, 7) is 8.96. The van der Waals surface area contributed by atoms with Crippen LogP contribution in [0.25, 0.3) is 16.2 Å². The molecule has 1 saturated heterocycles. The van der Waals surface area contributed by atoms with Crippen molar-refractivity contribution in [2.75, 3.05) is 31.1 Å². The van der Waals surface area contributed by atoms with Crippen LogP contribution in [0.3, 0.4) is 0 Å². The number of amides is 1. The van der Waals surface area contributed by atoms with Crippen LogP contribution in [0.5, 0.6) is 0 Å². The van der Waals surface area contributed by atoms with E-state index in [4.69, 9.17) is 4.98 Å². The first kappa shape index (κ1) is 25.7. The topological polar surface area (TPSA) is 66.6 Å². The lowest BCUT2D eigenvalue weighted by atomic mass is 9.97. The van der Waals surface area contributed by atoms with E-state index in [0.29, 0.717) is 23.7 Å². The van der Waals surface area contributed by atoms with E-state index in [0.717, 1.165) is 58.0 Å². The summed E-state index contributed by atoms with van der Waals surface area (Å²) in [6.07, 6.45) is -3.04. The lowest BCUT2D eigenvalue weighted by Gasteiger charge is -2.31. The van der Waals surface area contributed by atoms with Crippen molar-refractivity contribution in [3.8, 4) is 11.3 Å². The normalized spacial score (nSPS) is 15.0. The number of likely N-dealkylation sites (tertiary alicyclic amines) is 1. The molecule has 1 fully saturated rings. The molecule has 0 spiro atoms. The number of benzene rings is 1. The number of aromatic nitrogens is 4. The highest BCUT2D eigenvalue weighted by Crippen LogP contribution is 2.35. The summed E-state index contributed by atoms with van der Waals surface area (Å²) in [5, 5.41) is 6.71. The van der Waals surface area contributed by atoms with Crippen LogP contribution in [0.1, 0.15) is 58.8 Å². The molecule has 0 N–H and O–H groups in total. The first-order valence-corrected chi connectivity index (χ1v) is 13.9. The number of rotatable bonds is 6. The van der Waals surface area contributed by atoms with Crippen LogP contribution in [-0.2, 0) is 6.18 Å². The lowest BCUT2D eigenvalue weighted by molar-refractivity contribution is -0.144. The van der Waals surface area contributed by atoms with Crippen molar-refractivity contribution < 1.29 is 18.0 Å². The Labute approximate surface area is 220 Å². The molecule has 1 aliphatic heterocycles. The molecule has 196 valence electrons. The number of carbonyl (C=O) groups is 1. The van der Waals surface area contributed by atoms with Crippen molar-refractivity contribution in [1.29, 1.82) is 0 Å². The maximum absolute atomic E-state index is 13.1. The van der Waals surface area contributed by atoms with Crippen molar-refractivity contribution in [1.82, 2.24) is 24.5 Å². The Morgan fingerprint density at radius 3 is 2.38 bits per heavy atom. The third-order valence-corrected chi connectivity index (χ3v) is 8.94. The van der Waals surface area contributed by atoms with Gasteiger partial charge in [0.2, 0.25) is 4.96 Å². The molecule has 12 heteroatoms. The molecule has 0 aliphatic carbocycles. The van der Waals surface area contributed by atoms with Crippen molar-refractivity contribution in [3.63, 3.8) is 0 Å². The molecule has 4 heterocycles. The fourth-order valence-electron chi connectivity index (χ4n) is 4.67. The largest absolute Gasteiger partial charge is 0.453 e. The summed E-state index contributed by atoms with van der Waals surface area (Å²) in [6, 6.07) is 8.49. The molecule has 0 radical (unpaired) electrons. The maximum Gasteiger partial charge on any atom is 0.453 e. The van der Waals surface area contributed by atoms with Crippen LogP contribution >= 0.6 is 22.7 Å². The summed E-state index contributed by atoms with van der Waals surface area (Å²) in [7, 11) is 0. The predicted molar refractivity (Wildman–Crippen MR) is 140 cm³/mol. The summed E-state index contributed by atoms with van der Waals surface area (Å²) in [5.41, 5.74) is 3.64. The zero-order chi connectivity index (χ0) is 26.3. The summed E-state index contributed by atoms with van der Waals surface area (Å²) >= 11 is 2.60. The Bertz CT molecular complexity index is 1400. The molecule has 0 saturated carbocycles. The van der Waals surface area contributed by atoms with Crippen LogP contribution in [0.2, 0.25) is 0 Å². The second-order valence-corrected chi connectivity index (χ2v) is 10.9. The van der Waals surface area contributed by atoms with Gasteiger partial charge in [-0.2, -0.15) is 18.2 Å². The van der Waals surface area contributed by atoms with Gasteiger partial charge in [0.15, 0.2) is 0 Å². The molecule has 0 bridgehead atoms. The Hall–Kier alpha value is -2.99. The molecule has 3 aromatic heterocycles. The van der Waals surface area contributed by atoms with Gasteiger partial charge < -0.3 is 9.80 Å². The molecule has 0 atom stereocenters. The molecule has 37 heavy (non-hydrogen) atoms. The molecule has 7 nitrogen and oxygen atoms in total. The second-order valence-electron chi connectivity index (χ2n) is 9.00. The van der Waals surface area contributed by atoms with Crippen LogP contribution in [-0.4, -0.2) is 56.6 Å². The van der Waals surface area contributed by atoms with Crippen LogP contribution in [0, 0.1) is 6.92 Å². The van der Waals surface area contributed by atoms with E-state index in [9.17, 15) is 18.0 Å². The third-order valence-electron chi connectivity index (χ3n) is 6.81. The fraction of sp³-hybridized carbons (Fsp3) is 0.440. The average molecular weight is 549 g/mol. The third kappa shape index (κ3) is 4.96. The summed E-state index contributed by atoms with van der Waals surface area (Å²) < 4.78 is 39.9. The minimum Gasteiger partial charge on any atom is -0.372 e. The highest BCUT2D eigenvalue weighted by molar-refractivity contribution is 7.19. The quantitative estimate of drug-likeness (QED) is 0.291. The zero-order valence-electron chi connectivity index (χ0n) is 20.7. The minimum absolute atomic E-state index is 0.0727. The first-order chi connectivity index (χ1) is 17.7. The van der Waals surface area contributed by atoms with Gasteiger partial charge >= 0.3 is 6.18 Å². The van der Waals surface area contributed by atoms with E-state index in [1.807, 2.05) is 0 Å².